The summed E-state index contributed by atoms with van der Waals surface area (Å²) < 4.78 is 1.95. The van der Waals surface area contributed by atoms with Crippen LogP contribution in [0.4, 0.5) is 0 Å². The van der Waals surface area contributed by atoms with E-state index in [1.165, 1.54) is 0 Å². The second-order valence-electron chi connectivity index (χ2n) is 4.57. The van der Waals surface area contributed by atoms with Crippen LogP contribution >= 0.6 is 24.8 Å². The molecule has 2 aromatic heterocycles. The van der Waals surface area contributed by atoms with Crippen molar-refractivity contribution < 1.29 is 4.79 Å². The first-order valence-corrected chi connectivity index (χ1v) is 6.26. The molecule has 1 aliphatic rings. The molecule has 1 fully saturated rings. The van der Waals surface area contributed by atoms with E-state index in [1.54, 1.807) is 0 Å². The minimum atomic E-state index is -0.0259. The number of fused-ring (bicyclic) bond motifs is 1. The number of pyridine rings is 1. The van der Waals surface area contributed by atoms with Gasteiger partial charge in [-0.05, 0) is 31.5 Å². The smallest absolute Gasteiger partial charge is 0.237 e. The fraction of sp³-hybridized carbons (Fsp3) is 0.385. The van der Waals surface area contributed by atoms with Gasteiger partial charge in [0.2, 0.25) is 5.91 Å². The van der Waals surface area contributed by atoms with Crippen LogP contribution in [0, 0.1) is 0 Å². The van der Waals surface area contributed by atoms with E-state index in [0.717, 1.165) is 30.7 Å². The highest BCUT2D eigenvalue weighted by Gasteiger charge is 2.21. The molecule has 1 unspecified atom stereocenters. The van der Waals surface area contributed by atoms with Gasteiger partial charge in [-0.1, -0.05) is 6.07 Å². The Bertz CT molecular complexity index is 533. The first kappa shape index (κ1) is 16.8. The summed E-state index contributed by atoms with van der Waals surface area (Å²) in [5, 5.41) is 6.11. The summed E-state index contributed by atoms with van der Waals surface area (Å²) in [6.45, 7) is 1.42. The second-order valence-corrected chi connectivity index (χ2v) is 4.57. The summed E-state index contributed by atoms with van der Waals surface area (Å²) in [5.41, 5.74) is 1.79. The maximum absolute atomic E-state index is 11.8. The van der Waals surface area contributed by atoms with Gasteiger partial charge in [0.05, 0.1) is 18.3 Å². The Labute approximate surface area is 130 Å². The molecule has 7 heteroatoms. The molecule has 0 bridgehead atoms. The number of imidazole rings is 1. The monoisotopic (exact) mass is 316 g/mol. The van der Waals surface area contributed by atoms with Gasteiger partial charge in [-0.25, -0.2) is 4.98 Å². The van der Waals surface area contributed by atoms with Gasteiger partial charge in [0.25, 0.3) is 0 Å². The zero-order valence-electron chi connectivity index (χ0n) is 10.9. The standard InChI is InChI=1S/C13H16N4O.2ClH/c18-13(11-4-3-6-14-11)15-8-10-9-17-7-2-1-5-12(17)16-10;;/h1-2,5,7,9,11,14H,3-4,6,8H2,(H,15,18);2*1H. The predicted molar refractivity (Wildman–Crippen MR) is 82.6 cm³/mol. The number of hydrogen-bond donors (Lipinski definition) is 2. The molecule has 110 valence electrons. The van der Waals surface area contributed by atoms with Gasteiger partial charge < -0.3 is 15.0 Å². The van der Waals surface area contributed by atoms with Gasteiger partial charge in [-0.15, -0.1) is 24.8 Å². The van der Waals surface area contributed by atoms with E-state index in [4.69, 9.17) is 0 Å². The number of carbonyl (C=O) groups excluding carboxylic acids is 1. The Morgan fingerprint density at radius 2 is 2.30 bits per heavy atom. The number of nitrogens with zero attached hydrogens (tertiary/aromatic N) is 2. The molecule has 1 atom stereocenters. The first-order valence-electron chi connectivity index (χ1n) is 6.26. The Kier molecular flexibility index (Phi) is 6.26. The number of amides is 1. The lowest BCUT2D eigenvalue weighted by molar-refractivity contribution is -0.122. The summed E-state index contributed by atoms with van der Waals surface area (Å²) >= 11 is 0. The summed E-state index contributed by atoms with van der Waals surface area (Å²) in [7, 11) is 0. The normalized spacial score (nSPS) is 17.3. The van der Waals surface area contributed by atoms with Crippen molar-refractivity contribution in [2.24, 2.45) is 0 Å². The van der Waals surface area contributed by atoms with Gasteiger partial charge in [-0.2, -0.15) is 0 Å². The van der Waals surface area contributed by atoms with Crippen molar-refractivity contribution in [3.8, 4) is 0 Å². The largest absolute Gasteiger partial charge is 0.349 e. The van der Waals surface area contributed by atoms with Crippen molar-refractivity contribution in [1.82, 2.24) is 20.0 Å². The van der Waals surface area contributed by atoms with E-state index in [2.05, 4.69) is 15.6 Å². The topological polar surface area (TPSA) is 58.4 Å². The lowest BCUT2D eigenvalue weighted by Gasteiger charge is -2.09. The van der Waals surface area contributed by atoms with Crippen LogP contribution in [0.15, 0.2) is 30.6 Å². The van der Waals surface area contributed by atoms with Gasteiger partial charge in [0.15, 0.2) is 0 Å². The first-order chi connectivity index (χ1) is 8.83. The van der Waals surface area contributed by atoms with E-state index >= 15 is 0 Å². The molecule has 1 amide bonds. The van der Waals surface area contributed by atoms with Crippen molar-refractivity contribution in [2.75, 3.05) is 6.54 Å². The molecule has 5 nitrogen and oxygen atoms in total. The van der Waals surface area contributed by atoms with Gasteiger partial charge in [0.1, 0.15) is 5.65 Å². The van der Waals surface area contributed by atoms with E-state index in [-0.39, 0.29) is 36.8 Å². The quantitative estimate of drug-likeness (QED) is 0.903. The molecular weight excluding hydrogens is 299 g/mol. The Hall–Kier alpha value is -1.30. The van der Waals surface area contributed by atoms with Gasteiger partial charge >= 0.3 is 0 Å². The summed E-state index contributed by atoms with van der Waals surface area (Å²) in [5.74, 6) is 0.0737. The fourth-order valence-electron chi connectivity index (χ4n) is 2.28. The Morgan fingerprint density at radius 3 is 3.00 bits per heavy atom. The number of halogens is 2. The van der Waals surface area contributed by atoms with Crippen LogP contribution in [0.3, 0.4) is 0 Å². The van der Waals surface area contributed by atoms with Crippen molar-refractivity contribution in [1.29, 1.82) is 0 Å². The lowest BCUT2D eigenvalue weighted by Crippen LogP contribution is -2.40. The van der Waals surface area contributed by atoms with Crippen molar-refractivity contribution in [3.63, 3.8) is 0 Å². The molecule has 0 saturated carbocycles. The minimum Gasteiger partial charge on any atom is -0.349 e. The van der Waals surface area contributed by atoms with Crippen molar-refractivity contribution >= 4 is 36.4 Å². The highest BCUT2D eigenvalue weighted by Crippen LogP contribution is 2.06. The number of hydrogen-bond acceptors (Lipinski definition) is 3. The SMILES string of the molecule is Cl.Cl.O=C(NCc1cn2ccccc2n1)C1CCCN1. The molecule has 0 aromatic carbocycles. The molecule has 2 aromatic rings. The zero-order chi connectivity index (χ0) is 12.4. The molecular formula is C13H18Cl2N4O. The molecule has 1 aliphatic heterocycles. The van der Waals surface area contributed by atoms with Crippen LogP contribution in [-0.4, -0.2) is 27.9 Å². The van der Waals surface area contributed by atoms with E-state index in [0.29, 0.717) is 6.54 Å². The number of carbonyl (C=O) groups is 1. The van der Waals surface area contributed by atoms with Crippen molar-refractivity contribution in [2.45, 2.75) is 25.4 Å². The molecule has 0 aliphatic carbocycles. The average molecular weight is 317 g/mol. The average Bonchev–Trinajstić information content (AvgIpc) is 3.04. The van der Waals surface area contributed by atoms with Gasteiger partial charge in [-0.3, -0.25) is 4.79 Å². The highest BCUT2D eigenvalue weighted by atomic mass is 35.5. The molecule has 1 saturated heterocycles. The van der Waals surface area contributed by atoms with Crippen LogP contribution in [0.2, 0.25) is 0 Å². The molecule has 0 spiro atoms. The van der Waals surface area contributed by atoms with Crippen LogP contribution in [0.5, 0.6) is 0 Å². The Morgan fingerprint density at radius 1 is 1.45 bits per heavy atom. The van der Waals surface area contributed by atoms with Crippen LogP contribution in [0.25, 0.3) is 5.65 Å². The van der Waals surface area contributed by atoms with Crippen LogP contribution < -0.4 is 10.6 Å². The number of aromatic nitrogens is 2. The molecule has 2 N–H and O–H groups in total. The van der Waals surface area contributed by atoms with Crippen LogP contribution in [-0.2, 0) is 11.3 Å². The Balaban J connectivity index is 0.000001000. The highest BCUT2D eigenvalue weighted by molar-refractivity contribution is 5.85. The lowest BCUT2D eigenvalue weighted by atomic mass is 10.2. The van der Waals surface area contributed by atoms with E-state index < -0.39 is 0 Å². The summed E-state index contributed by atoms with van der Waals surface area (Å²) in [6, 6.07) is 5.83. The molecule has 3 heterocycles. The third kappa shape index (κ3) is 3.62. The van der Waals surface area contributed by atoms with E-state index in [1.807, 2.05) is 35.0 Å². The summed E-state index contributed by atoms with van der Waals surface area (Å²) in [4.78, 5) is 16.3. The third-order valence-corrected chi connectivity index (χ3v) is 3.23. The van der Waals surface area contributed by atoms with Crippen LogP contribution in [0.1, 0.15) is 18.5 Å². The molecule has 3 rings (SSSR count). The summed E-state index contributed by atoms with van der Waals surface area (Å²) in [6.07, 6.45) is 5.90. The predicted octanol–water partition coefficient (Wildman–Crippen LogP) is 1.55. The number of nitrogens with one attached hydrogen (secondary N) is 2. The third-order valence-electron chi connectivity index (χ3n) is 3.23. The van der Waals surface area contributed by atoms with Crippen molar-refractivity contribution in [3.05, 3.63) is 36.3 Å². The fourth-order valence-corrected chi connectivity index (χ4v) is 2.28. The number of rotatable bonds is 3. The van der Waals surface area contributed by atoms with E-state index in [9.17, 15) is 4.79 Å². The maximum Gasteiger partial charge on any atom is 0.237 e. The zero-order valence-corrected chi connectivity index (χ0v) is 12.5. The molecule has 0 radical (unpaired) electrons. The van der Waals surface area contributed by atoms with Gasteiger partial charge in [0, 0.05) is 12.4 Å². The second kappa shape index (κ2) is 7.47. The maximum atomic E-state index is 11.8. The molecule has 20 heavy (non-hydrogen) atoms. The minimum absolute atomic E-state index is 0.